The maximum absolute atomic E-state index is 11.5. The molecule has 0 aliphatic rings. The lowest BCUT2D eigenvalue weighted by atomic mass is 9.78. The van der Waals surface area contributed by atoms with Crippen LogP contribution in [-0.2, 0) is 14.4 Å². The van der Waals surface area contributed by atoms with Gasteiger partial charge < -0.3 is 20.4 Å². The van der Waals surface area contributed by atoms with Crippen molar-refractivity contribution in [3.8, 4) is 0 Å². The molecule has 0 heterocycles. The first-order valence-electron chi connectivity index (χ1n) is 8.02. The van der Waals surface area contributed by atoms with E-state index in [2.05, 4.69) is 6.58 Å². The standard InChI is InChI=1S/C18H26O7/c1-4-5-7-13(16(22)23)10-18(3,12(2)15(20)21)11-14(17(24)25)8-6-9-19/h10-11,19H,2,4-9H2,1,3H3,(H,20,21)(H,22,23)(H,24,25). The predicted octanol–water partition coefficient (Wildman–Crippen LogP) is 2.62. The molecule has 4 N–H and O–H groups in total. The van der Waals surface area contributed by atoms with E-state index in [1.807, 2.05) is 6.92 Å². The van der Waals surface area contributed by atoms with Gasteiger partial charge in [-0.2, -0.15) is 0 Å². The van der Waals surface area contributed by atoms with E-state index >= 15 is 0 Å². The molecule has 0 aromatic heterocycles. The van der Waals surface area contributed by atoms with Crippen LogP contribution in [0.5, 0.6) is 0 Å². The van der Waals surface area contributed by atoms with Crippen LogP contribution in [0, 0.1) is 5.41 Å². The second-order valence-corrected chi connectivity index (χ2v) is 5.95. The molecule has 25 heavy (non-hydrogen) atoms. The second-order valence-electron chi connectivity index (χ2n) is 5.95. The van der Waals surface area contributed by atoms with Crippen LogP contribution in [0.15, 0.2) is 35.5 Å². The average Bonchev–Trinajstić information content (AvgIpc) is 2.53. The van der Waals surface area contributed by atoms with Crippen molar-refractivity contribution in [2.75, 3.05) is 6.61 Å². The van der Waals surface area contributed by atoms with Gasteiger partial charge in [0.25, 0.3) is 0 Å². The summed E-state index contributed by atoms with van der Waals surface area (Å²) < 4.78 is 0. The van der Waals surface area contributed by atoms with Crippen LogP contribution in [0.3, 0.4) is 0 Å². The van der Waals surface area contributed by atoms with Crippen molar-refractivity contribution in [3.05, 3.63) is 35.5 Å². The number of aliphatic hydroxyl groups excluding tert-OH is 1. The van der Waals surface area contributed by atoms with Crippen molar-refractivity contribution in [3.63, 3.8) is 0 Å². The fourth-order valence-corrected chi connectivity index (χ4v) is 2.29. The van der Waals surface area contributed by atoms with E-state index in [4.69, 9.17) is 5.11 Å². The summed E-state index contributed by atoms with van der Waals surface area (Å²) in [5.74, 6) is -3.78. The number of allylic oxidation sites excluding steroid dienone is 2. The summed E-state index contributed by atoms with van der Waals surface area (Å²) in [6, 6.07) is 0. The number of carbonyl (C=O) groups is 3. The van der Waals surface area contributed by atoms with Crippen LogP contribution in [-0.4, -0.2) is 44.9 Å². The van der Waals surface area contributed by atoms with Gasteiger partial charge in [0.2, 0.25) is 0 Å². The molecule has 0 amide bonds. The Balaban J connectivity index is 6.17. The van der Waals surface area contributed by atoms with Gasteiger partial charge >= 0.3 is 17.9 Å². The average molecular weight is 354 g/mol. The molecule has 0 aromatic rings. The van der Waals surface area contributed by atoms with Crippen LogP contribution < -0.4 is 0 Å². The van der Waals surface area contributed by atoms with Crippen LogP contribution in [0.2, 0.25) is 0 Å². The van der Waals surface area contributed by atoms with E-state index in [9.17, 15) is 29.7 Å². The van der Waals surface area contributed by atoms with E-state index in [1.165, 1.54) is 19.1 Å². The SMILES string of the molecule is C=C(C(=O)O)C(C)(C=C(CCCC)C(=O)O)C=C(CCCO)C(=O)O. The van der Waals surface area contributed by atoms with Gasteiger partial charge in [-0.15, -0.1) is 0 Å². The zero-order valence-corrected chi connectivity index (χ0v) is 14.6. The number of unbranched alkanes of at least 4 members (excludes halogenated alkanes) is 1. The van der Waals surface area contributed by atoms with Crippen LogP contribution in [0.4, 0.5) is 0 Å². The van der Waals surface area contributed by atoms with Crippen molar-refractivity contribution in [1.29, 1.82) is 0 Å². The van der Waals surface area contributed by atoms with Gasteiger partial charge in [-0.05, 0) is 32.6 Å². The van der Waals surface area contributed by atoms with Gasteiger partial charge in [0.05, 0.1) is 0 Å². The number of carboxylic acid groups (broad SMARTS) is 3. The lowest BCUT2D eigenvalue weighted by molar-refractivity contribution is -0.134. The summed E-state index contributed by atoms with van der Waals surface area (Å²) in [6.07, 6.45) is 4.28. The van der Waals surface area contributed by atoms with E-state index < -0.39 is 23.3 Å². The number of hydrogen-bond donors (Lipinski definition) is 4. The lowest BCUT2D eigenvalue weighted by Gasteiger charge is -2.24. The molecule has 0 saturated heterocycles. The number of rotatable bonds is 12. The fraction of sp³-hybridized carbons (Fsp3) is 0.500. The molecular formula is C18H26O7. The van der Waals surface area contributed by atoms with Gasteiger partial charge in [0.15, 0.2) is 0 Å². The summed E-state index contributed by atoms with van der Waals surface area (Å²) in [5, 5.41) is 36.8. The Morgan fingerprint density at radius 2 is 1.36 bits per heavy atom. The molecular weight excluding hydrogens is 328 g/mol. The summed E-state index contributed by atoms with van der Waals surface area (Å²) in [6.45, 7) is 6.59. The quantitative estimate of drug-likeness (QED) is 0.396. The Labute approximate surface area is 147 Å². The van der Waals surface area contributed by atoms with E-state index in [1.54, 1.807) is 0 Å². The molecule has 0 aliphatic carbocycles. The third-order valence-electron chi connectivity index (χ3n) is 3.81. The molecule has 0 fully saturated rings. The maximum Gasteiger partial charge on any atom is 0.332 e. The van der Waals surface area contributed by atoms with Gasteiger partial charge in [-0.3, -0.25) is 0 Å². The maximum atomic E-state index is 11.5. The monoisotopic (exact) mass is 354 g/mol. The van der Waals surface area contributed by atoms with Gasteiger partial charge in [0.1, 0.15) is 0 Å². The lowest BCUT2D eigenvalue weighted by Crippen LogP contribution is -2.23. The Kier molecular flexibility index (Phi) is 9.45. The summed E-state index contributed by atoms with van der Waals surface area (Å²) in [4.78, 5) is 34.2. The Morgan fingerprint density at radius 1 is 0.920 bits per heavy atom. The first kappa shape index (κ1) is 22.6. The molecule has 140 valence electrons. The minimum Gasteiger partial charge on any atom is -0.478 e. The molecule has 7 nitrogen and oxygen atoms in total. The smallest absolute Gasteiger partial charge is 0.332 e. The molecule has 0 aliphatic heterocycles. The Bertz CT molecular complexity index is 548. The van der Waals surface area contributed by atoms with Crippen molar-refractivity contribution in [2.24, 2.45) is 5.41 Å². The third-order valence-corrected chi connectivity index (χ3v) is 3.81. The highest BCUT2D eigenvalue weighted by molar-refractivity contribution is 5.92. The van der Waals surface area contributed by atoms with Crippen molar-refractivity contribution >= 4 is 17.9 Å². The molecule has 0 saturated carbocycles. The third kappa shape index (κ3) is 7.34. The van der Waals surface area contributed by atoms with Gasteiger partial charge in [-0.1, -0.05) is 32.1 Å². The normalized spacial score (nSPS) is 14.7. The van der Waals surface area contributed by atoms with Gasteiger partial charge in [0, 0.05) is 28.7 Å². The van der Waals surface area contributed by atoms with Crippen LogP contribution >= 0.6 is 0 Å². The first-order valence-corrected chi connectivity index (χ1v) is 8.02. The molecule has 0 aromatic carbocycles. The Hall–Kier alpha value is -2.41. The van der Waals surface area contributed by atoms with Crippen LogP contribution in [0.1, 0.15) is 46.0 Å². The molecule has 7 heteroatoms. The first-order chi connectivity index (χ1) is 11.6. The van der Waals surface area contributed by atoms with Crippen molar-refractivity contribution in [2.45, 2.75) is 46.0 Å². The molecule has 1 atom stereocenters. The number of aliphatic hydroxyl groups is 1. The van der Waals surface area contributed by atoms with E-state index in [0.717, 1.165) is 6.42 Å². The largest absolute Gasteiger partial charge is 0.478 e. The zero-order chi connectivity index (χ0) is 19.6. The van der Waals surface area contributed by atoms with E-state index in [-0.39, 0.29) is 42.6 Å². The van der Waals surface area contributed by atoms with Crippen LogP contribution in [0.25, 0.3) is 0 Å². The number of hydrogen-bond acceptors (Lipinski definition) is 4. The minimum atomic E-state index is -1.48. The Morgan fingerprint density at radius 3 is 1.68 bits per heavy atom. The molecule has 0 bridgehead atoms. The molecule has 1 unspecified atom stereocenters. The number of aliphatic carboxylic acids is 3. The molecule has 0 radical (unpaired) electrons. The topological polar surface area (TPSA) is 132 Å². The molecule has 0 spiro atoms. The van der Waals surface area contributed by atoms with Crippen molar-refractivity contribution in [1.82, 2.24) is 0 Å². The van der Waals surface area contributed by atoms with E-state index in [0.29, 0.717) is 6.42 Å². The summed E-state index contributed by atoms with van der Waals surface area (Å²) in [5.41, 5.74) is -1.90. The molecule has 0 rings (SSSR count). The summed E-state index contributed by atoms with van der Waals surface area (Å²) >= 11 is 0. The minimum absolute atomic E-state index is 0.00916. The predicted molar refractivity (Wildman–Crippen MR) is 92.2 cm³/mol. The second kappa shape index (κ2) is 10.5. The highest BCUT2D eigenvalue weighted by Crippen LogP contribution is 2.34. The summed E-state index contributed by atoms with van der Waals surface area (Å²) in [7, 11) is 0. The highest BCUT2D eigenvalue weighted by Gasteiger charge is 2.31. The van der Waals surface area contributed by atoms with Crippen molar-refractivity contribution < 1.29 is 34.8 Å². The fourth-order valence-electron chi connectivity index (χ4n) is 2.29. The highest BCUT2D eigenvalue weighted by atomic mass is 16.4. The zero-order valence-electron chi connectivity index (χ0n) is 14.6. The van der Waals surface area contributed by atoms with Gasteiger partial charge in [-0.25, -0.2) is 14.4 Å². The number of carboxylic acids is 3.